The van der Waals surface area contributed by atoms with Crippen LogP contribution in [0, 0.1) is 6.92 Å². The molecule has 8 heteroatoms. The highest BCUT2D eigenvalue weighted by molar-refractivity contribution is 7.11. The van der Waals surface area contributed by atoms with Crippen molar-refractivity contribution in [2.45, 2.75) is 59.5 Å². The summed E-state index contributed by atoms with van der Waals surface area (Å²) in [5.41, 5.74) is 2.95. The van der Waals surface area contributed by atoms with Crippen molar-refractivity contribution >= 4 is 29.0 Å². The summed E-state index contributed by atoms with van der Waals surface area (Å²) in [6, 6.07) is 17.3. The van der Waals surface area contributed by atoms with E-state index in [1.165, 1.54) is 10.4 Å². The van der Waals surface area contributed by atoms with Gasteiger partial charge in [-0.15, -0.1) is 11.3 Å². The normalized spacial score (nSPS) is 11.0. The zero-order chi connectivity index (χ0) is 28.5. The smallest absolute Gasteiger partial charge is 0.322 e. The van der Waals surface area contributed by atoms with Crippen LogP contribution in [0.1, 0.15) is 54.5 Å². The lowest BCUT2D eigenvalue weighted by molar-refractivity contribution is -0.132. The lowest BCUT2D eigenvalue weighted by Crippen LogP contribution is -2.47. The molecule has 0 saturated heterocycles. The molecule has 0 atom stereocenters. The Morgan fingerprint density at radius 2 is 1.62 bits per heavy atom. The predicted octanol–water partition coefficient (Wildman–Crippen LogP) is 6.71. The van der Waals surface area contributed by atoms with Gasteiger partial charge in [0.1, 0.15) is 6.54 Å². The van der Waals surface area contributed by atoms with Crippen molar-refractivity contribution in [1.82, 2.24) is 9.80 Å². The fraction of sp³-hybridized carbons (Fsp3) is 0.419. The predicted molar refractivity (Wildman–Crippen MR) is 159 cm³/mol. The number of carbonyl (C=O) groups excluding carboxylic acids is 2. The number of nitrogens with one attached hydrogen (secondary N) is 1. The number of thiophene rings is 1. The van der Waals surface area contributed by atoms with Crippen molar-refractivity contribution in [3.63, 3.8) is 0 Å². The van der Waals surface area contributed by atoms with Crippen molar-refractivity contribution in [2.75, 3.05) is 32.6 Å². The van der Waals surface area contributed by atoms with Gasteiger partial charge in [0.25, 0.3) is 0 Å². The Bertz CT molecular complexity index is 1240. The first-order valence-corrected chi connectivity index (χ1v) is 14.1. The molecule has 0 aliphatic carbocycles. The number of hydrogen-bond acceptors (Lipinski definition) is 5. The van der Waals surface area contributed by atoms with E-state index in [1.54, 1.807) is 30.5 Å². The summed E-state index contributed by atoms with van der Waals surface area (Å²) in [5.74, 6) is 1.64. The molecule has 3 amide bonds. The summed E-state index contributed by atoms with van der Waals surface area (Å²) in [7, 11) is 3.22. The van der Waals surface area contributed by atoms with E-state index in [1.807, 2.05) is 61.2 Å². The first-order valence-electron chi connectivity index (χ1n) is 13.3. The summed E-state index contributed by atoms with van der Waals surface area (Å²) >= 11 is 1.68. The largest absolute Gasteiger partial charge is 0.493 e. The van der Waals surface area contributed by atoms with Gasteiger partial charge >= 0.3 is 6.03 Å². The molecular formula is C31H41N3O4S. The Kier molecular flexibility index (Phi) is 10.8. The zero-order valence-corrected chi connectivity index (χ0v) is 24.9. The molecule has 0 unspecified atom stereocenters. The lowest BCUT2D eigenvalue weighted by atomic mass is 10.0. The van der Waals surface area contributed by atoms with Crippen LogP contribution in [0.15, 0.2) is 54.6 Å². The second-order valence-electron chi connectivity index (χ2n) is 10.2. The van der Waals surface area contributed by atoms with Gasteiger partial charge in [0.05, 0.1) is 20.8 Å². The van der Waals surface area contributed by atoms with Gasteiger partial charge in [-0.1, -0.05) is 32.0 Å². The Morgan fingerprint density at radius 1 is 0.923 bits per heavy atom. The van der Waals surface area contributed by atoms with Crippen molar-refractivity contribution in [1.29, 1.82) is 0 Å². The molecular weight excluding hydrogens is 510 g/mol. The average Bonchev–Trinajstić information content (AvgIpc) is 3.33. The number of anilines is 1. The van der Waals surface area contributed by atoms with E-state index in [-0.39, 0.29) is 24.5 Å². The fourth-order valence-electron chi connectivity index (χ4n) is 4.23. The molecule has 0 radical (unpaired) electrons. The van der Waals surface area contributed by atoms with Gasteiger partial charge in [-0.2, -0.15) is 0 Å². The second-order valence-corrected chi connectivity index (χ2v) is 11.6. The standard InChI is InChI=1S/C31H41N3O4S/c1-21(2)25-10-12-26(13-11-25)32-31(36)34(22(3)4)20-30(35)33(19-27-14-8-23(5)39-27)17-16-24-9-15-28(37-6)29(18-24)38-7/h8-15,18,21-22H,16-17,19-20H2,1-7H3,(H,32,36). The van der Waals surface area contributed by atoms with Crippen LogP contribution in [0.5, 0.6) is 11.5 Å². The zero-order valence-electron chi connectivity index (χ0n) is 24.1. The summed E-state index contributed by atoms with van der Waals surface area (Å²) in [4.78, 5) is 32.6. The van der Waals surface area contributed by atoms with Gasteiger partial charge in [0.2, 0.25) is 5.91 Å². The minimum atomic E-state index is -0.289. The number of amides is 3. The number of aryl methyl sites for hydroxylation is 1. The third kappa shape index (κ3) is 8.48. The molecule has 0 saturated carbocycles. The molecule has 2 aromatic carbocycles. The minimum absolute atomic E-state index is 0.0101. The SMILES string of the molecule is COc1ccc(CCN(Cc2ccc(C)s2)C(=O)CN(C(=O)Nc2ccc(C(C)C)cc2)C(C)C)cc1OC. The van der Waals surface area contributed by atoms with E-state index < -0.39 is 0 Å². The van der Waals surface area contributed by atoms with Crippen LogP contribution in [0.3, 0.4) is 0 Å². The molecule has 1 aromatic heterocycles. The van der Waals surface area contributed by atoms with Crippen LogP contribution in [0.2, 0.25) is 0 Å². The van der Waals surface area contributed by atoms with Crippen LogP contribution in [-0.2, 0) is 17.8 Å². The maximum absolute atomic E-state index is 13.7. The Hall–Kier alpha value is -3.52. The Morgan fingerprint density at radius 3 is 2.18 bits per heavy atom. The first kappa shape index (κ1) is 30.0. The number of hydrogen-bond donors (Lipinski definition) is 1. The van der Waals surface area contributed by atoms with Crippen LogP contribution in [-0.4, -0.2) is 55.1 Å². The maximum atomic E-state index is 13.7. The summed E-state index contributed by atoms with van der Waals surface area (Å²) in [6.07, 6.45) is 0.645. The highest BCUT2D eigenvalue weighted by Gasteiger charge is 2.24. The first-order chi connectivity index (χ1) is 18.6. The summed E-state index contributed by atoms with van der Waals surface area (Å²) in [5, 5.41) is 2.96. The van der Waals surface area contributed by atoms with E-state index in [0.717, 1.165) is 10.4 Å². The quantitative estimate of drug-likeness (QED) is 0.272. The molecule has 1 heterocycles. The highest BCUT2D eigenvalue weighted by Crippen LogP contribution is 2.28. The number of rotatable bonds is 12. The van der Waals surface area contributed by atoms with Crippen molar-refractivity contribution in [3.05, 3.63) is 75.5 Å². The van der Waals surface area contributed by atoms with E-state index in [4.69, 9.17) is 9.47 Å². The minimum Gasteiger partial charge on any atom is -0.493 e. The molecule has 0 aliphatic heterocycles. The van der Waals surface area contributed by atoms with Crippen molar-refractivity contribution in [3.8, 4) is 11.5 Å². The van der Waals surface area contributed by atoms with E-state index in [2.05, 4.69) is 38.2 Å². The molecule has 0 bridgehead atoms. The van der Waals surface area contributed by atoms with E-state index in [9.17, 15) is 9.59 Å². The molecule has 0 aliphatic rings. The second kappa shape index (κ2) is 14.0. The maximum Gasteiger partial charge on any atom is 0.322 e. The topological polar surface area (TPSA) is 71.1 Å². The van der Waals surface area contributed by atoms with Crippen molar-refractivity contribution in [2.24, 2.45) is 0 Å². The number of benzene rings is 2. The number of urea groups is 1. The number of nitrogens with zero attached hydrogens (tertiary/aromatic N) is 2. The number of carbonyl (C=O) groups is 2. The van der Waals surface area contributed by atoms with Gasteiger partial charge in [0.15, 0.2) is 11.5 Å². The monoisotopic (exact) mass is 551 g/mol. The third-order valence-electron chi connectivity index (χ3n) is 6.63. The molecule has 0 fully saturated rings. The van der Waals surface area contributed by atoms with Crippen LogP contribution in [0.25, 0.3) is 0 Å². The summed E-state index contributed by atoms with van der Waals surface area (Å²) in [6.45, 7) is 11.2. The average molecular weight is 552 g/mol. The van der Waals surface area contributed by atoms with Gasteiger partial charge in [0, 0.05) is 28.0 Å². The van der Waals surface area contributed by atoms with Gasteiger partial charge in [-0.3, -0.25) is 4.79 Å². The Labute approximate surface area is 236 Å². The molecule has 3 aromatic rings. The molecule has 210 valence electrons. The van der Waals surface area contributed by atoms with E-state index >= 15 is 0 Å². The van der Waals surface area contributed by atoms with Crippen LogP contribution < -0.4 is 14.8 Å². The van der Waals surface area contributed by atoms with Gasteiger partial charge in [-0.25, -0.2) is 4.79 Å². The molecule has 39 heavy (non-hydrogen) atoms. The van der Waals surface area contributed by atoms with E-state index in [0.29, 0.717) is 42.6 Å². The fourth-order valence-corrected chi connectivity index (χ4v) is 5.14. The molecule has 1 N–H and O–H groups in total. The van der Waals surface area contributed by atoms with Crippen LogP contribution in [0.4, 0.5) is 10.5 Å². The molecule has 3 rings (SSSR count). The van der Waals surface area contributed by atoms with Crippen molar-refractivity contribution < 1.29 is 19.1 Å². The summed E-state index contributed by atoms with van der Waals surface area (Å²) < 4.78 is 10.8. The number of ether oxygens (including phenoxy) is 2. The Balaban J connectivity index is 1.74. The molecule has 0 spiro atoms. The van der Waals surface area contributed by atoms with Gasteiger partial charge < -0.3 is 24.6 Å². The number of methoxy groups -OCH3 is 2. The highest BCUT2D eigenvalue weighted by atomic mass is 32.1. The van der Waals surface area contributed by atoms with Crippen LogP contribution >= 0.6 is 11.3 Å². The third-order valence-corrected chi connectivity index (χ3v) is 7.62. The lowest BCUT2D eigenvalue weighted by Gasteiger charge is -2.30. The molecule has 7 nitrogen and oxygen atoms in total. The van der Waals surface area contributed by atoms with Gasteiger partial charge in [-0.05, 0) is 80.6 Å².